The minimum Gasteiger partial charge on any atom is -0.496 e. The van der Waals surface area contributed by atoms with E-state index >= 15 is 0 Å². The summed E-state index contributed by atoms with van der Waals surface area (Å²) in [5.41, 5.74) is 3.75. The molecule has 3 heterocycles. The molecule has 0 fully saturated rings. The molecule has 1 aromatic heterocycles. The molecule has 7 rings (SSSR count). The topological polar surface area (TPSA) is 97.4 Å². The van der Waals surface area contributed by atoms with Crippen molar-refractivity contribution < 1.29 is 17.9 Å². The number of anilines is 1. The van der Waals surface area contributed by atoms with Crippen molar-refractivity contribution >= 4 is 15.7 Å². The minimum atomic E-state index is -4.06. The average Bonchev–Trinajstić information content (AvgIpc) is 3.39. The second-order valence-corrected chi connectivity index (χ2v) is 13.1. The first-order valence-electron chi connectivity index (χ1n) is 14.3. The van der Waals surface area contributed by atoms with Gasteiger partial charge in [-0.25, -0.2) is 13.1 Å². The second-order valence-electron chi connectivity index (χ2n) is 11.3. The number of benzene rings is 4. The Morgan fingerprint density at radius 1 is 0.909 bits per heavy atom. The first-order chi connectivity index (χ1) is 21.3. The van der Waals surface area contributed by atoms with Gasteiger partial charge in [0, 0.05) is 17.0 Å². The van der Waals surface area contributed by atoms with E-state index in [2.05, 4.69) is 6.07 Å². The number of rotatable bonds is 5. The number of para-hydroxylation sites is 3. The van der Waals surface area contributed by atoms with Crippen molar-refractivity contribution in [1.82, 2.24) is 9.78 Å². The zero-order chi connectivity index (χ0) is 30.6. The molecule has 0 N–H and O–H groups in total. The molecule has 4 aromatic carbocycles. The summed E-state index contributed by atoms with van der Waals surface area (Å²) in [7, 11) is -2.49. The first kappa shape index (κ1) is 27.7. The highest BCUT2D eigenvalue weighted by Gasteiger charge is 2.61. The van der Waals surface area contributed by atoms with Crippen LogP contribution in [0, 0.1) is 30.6 Å². The van der Waals surface area contributed by atoms with E-state index in [0.717, 1.165) is 22.4 Å². The number of methoxy groups -OCH3 is 1. The molecule has 5 aromatic rings. The molecule has 2 aliphatic heterocycles. The van der Waals surface area contributed by atoms with Crippen molar-refractivity contribution in [3.63, 3.8) is 0 Å². The lowest BCUT2D eigenvalue weighted by molar-refractivity contribution is 0.0466. The second kappa shape index (κ2) is 10.3. The molecule has 0 bridgehead atoms. The molecule has 3 atom stereocenters. The highest BCUT2D eigenvalue weighted by Crippen LogP contribution is 2.62. The van der Waals surface area contributed by atoms with Crippen molar-refractivity contribution in [3.05, 3.63) is 131 Å². The predicted octanol–water partition coefficient (Wildman–Crippen LogP) is 6.48. The summed E-state index contributed by atoms with van der Waals surface area (Å²) in [5, 5.41) is 16.2. The number of hydrogen-bond acceptors (Lipinski definition) is 6. The fourth-order valence-corrected chi connectivity index (χ4v) is 8.20. The van der Waals surface area contributed by atoms with E-state index in [9.17, 15) is 13.7 Å². The van der Waals surface area contributed by atoms with Crippen molar-refractivity contribution in [2.75, 3.05) is 18.0 Å². The normalized spacial score (nSPS) is 20.5. The Hall–Kier alpha value is -5.07. The number of aryl methyl sites for hydroxylation is 2. The van der Waals surface area contributed by atoms with Crippen LogP contribution in [0.1, 0.15) is 40.0 Å². The number of nitriles is 1. The Kier molecular flexibility index (Phi) is 6.48. The number of sulfonamides is 1. The van der Waals surface area contributed by atoms with Crippen LogP contribution in [0.2, 0.25) is 0 Å². The van der Waals surface area contributed by atoms with Crippen LogP contribution in [0.15, 0.2) is 108 Å². The van der Waals surface area contributed by atoms with Crippen LogP contribution in [0.3, 0.4) is 0 Å². The van der Waals surface area contributed by atoms with Crippen molar-refractivity contribution in [1.29, 1.82) is 5.26 Å². The lowest BCUT2D eigenvalue weighted by Crippen LogP contribution is -2.54. The van der Waals surface area contributed by atoms with Gasteiger partial charge in [0.05, 0.1) is 41.7 Å². The summed E-state index contributed by atoms with van der Waals surface area (Å²) in [5.74, 6) is 0.512. The summed E-state index contributed by atoms with van der Waals surface area (Å²) >= 11 is 0. The summed E-state index contributed by atoms with van der Waals surface area (Å²) in [6.45, 7) is 3.68. The van der Waals surface area contributed by atoms with Crippen LogP contribution in [-0.4, -0.2) is 31.9 Å². The van der Waals surface area contributed by atoms with E-state index in [0.29, 0.717) is 28.6 Å². The van der Waals surface area contributed by atoms with Gasteiger partial charge >= 0.3 is 0 Å². The van der Waals surface area contributed by atoms with Crippen LogP contribution in [-0.2, 0) is 10.0 Å². The Bertz CT molecular complexity index is 2030. The number of ether oxygens (including phenoxy) is 2. The molecular formula is C35H30N4O4S. The highest BCUT2D eigenvalue weighted by atomic mass is 32.2. The third-order valence-corrected chi connectivity index (χ3v) is 10.5. The Balaban J connectivity index is 1.54. The molecule has 0 spiro atoms. The lowest BCUT2D eigenvalue weighted by atomic mass is 9.61. The van der Waals surface area contributed by atoms with Gasteiger partial charge in [0.2, 0.25) is 5.88 Å². The van der Waals surface area contributed by atoms with Gasteiger partial charge in [-0.3, -0.25) is 4.31 Å². The fourth-order valence-electron chi connectivity index (χ4n) is 6.66. The fraction of sp³-hybridized carbons (Fsp3) is 0.200. The summed E-state index contributed by atoms with van der Waals surface area (Å²) < 4.78 is 44.6. The van der Waals surface area contributed by atoms with E-state index in [-0.39, 0.29) is 11.4 Å². The monoisotopic (exact) mass is 602 g/mol. The van der Waals surface area contributed by atoms with E-state index in [1.807, 2.05) is 92.7 Å². The van der Waals surface area contributed by atoms with E-state index in [1.54, 1.807) is 36.1 Å². The van der Waals surface area contributed by atoms with Gasteiger partial charge in [0.1, 0.15) is 11.2 Å². The van der Waals surface area contributed by atoms with E-state index in [4.69, 9.17) is 14.6 Å². The van der Waals surface area contributed by atoms with Crippen molar-refractivity contribution in [2.24, 2.45) is 5.41 Å². The summed E-state index contributed by atoms with van der Waals surface area (Å²) in [6, 6.07) is 34.0. The SMILES string of the molecule is COc1ccccc1[C@@H]1Oc2c(c(C)nn2-c2ccccc2)[C@H]2c3ccccc3N(S(=O)(=O)c3ccc(C)cc3)C[C@]21C#N. The molecule has 0 unspecified atom stereocenters. The Morgan fingerprint density at radius 2 is 1.57 bits per heavy atom. The van der Waals surface area contributed by atoms with Gasteiger partial charge in [0.25, 0.3) is 10.0 Å². The quantitative estimate of drug-likeness (QED) is 0.228. The molecule has 9 heteroatoms. The molecule has 0 amide bonds. The Morgan fingerprint density at radius 3 is 2.27 bits per heavy atom. The first-order valence-corrected chi connectivity index (χ1v) is 15.8. The average molecular weight is 603 g/mol. The van der Waals surface area contributed by atoms with Gasteiger partial charge < -0.3 is 9.47 Å². The number of nitrogens with zero attached hydrogens (tertiary/aromatic N) is 4. The van der Waals surface area contributed by atoms with E-state index < -0.39 is 27.5 Å². The number of hydrogen-bond donors (Lipinski definition) is 0. The predicted molar refractivity (Wildman–Crippen MR) is 167 cm³/mol. The van der Waals surface area contributed by atoms with Gasteiger partial charge in [-0.15, -0.1) is 0 Å². The molecule has 0 saturated carbocycles. The van der Waals surface area contributed by atoms with Crippen LogP contribution in [0.25, 0.3) is 5.69 Å². The zero-order valence-corrected chi connectivity index (χ0v) is 25.3. The molecule has 220 valence electrons. The van der Waals surface area contributed by atoms with Gasteiger partial charge in [-0.2, -0.15) is 10.4 Å². The molecule has 0 radical (unpaired) electrons. The summed E-state index contributed by atoms with van der Waals surface area (Å²) in [4.78, 5) is 0.156. The molecular weight excluding hydrogens is 572 g/mol. The zero-order valence-electron chi connectivity index (χ0n) is 24.5. The highest BCUT2D eigenvalue weighted by molar-refractivity contribution is 7.92. The summed E-state index contributed by atoms with van der Waals surface area (Å²) in [6.07, 6.45) is -0.899. The van der Waals surface area contributed by atoms with Gasteiger partial charge in [-0.1, -0.05) is 72.3 Å². The van der Waals surface area contributed by atoms with Crippen LogP contribution < -0.4 is 13.8 Å². The van der Waals surface area contributed by atoms with Crippen molar-refractivity contribution in [2.45, 2.75) is 30.8 Å². The number of aromatic nitrogens is 2. The maximum absolute atomic E-state index is 14.4. The largest absolute Gasteiger partial charge is 0.496 e. The van der Waals surface area contributed by atoms with Crippen LogP contribution in [0.5, 0.6) is 11.6 Å². The standard InChI is InChI=1S/C35H30N4O4S/c1-23-17-19-26(20-18-23)44(40,41)38-22-35(21-36)32(27-13-7-9-15-29(27)38)31-24(2)37-39(25-11-5-4-6-12-25)34(31)43-33(35)28-14-8-10-16-30(28)42-3/h4-20,32-33H,22H2,1-3H3/t32-,33+,35-/m1/s1. The van der Waals surface area contributed by atoms with Crippen molar-refractivity contribution in [3.8, 4) is 23.4 Å². The van der Waals surface area contributed by atoms with Gasteiger partial charge in [-0.05, 0) is 55.8 Å². The molecule has 44 heavy (non-hydrogen) atoms. The molecule has 0 aliphatic carbocycles. The maximum Gasteiger partial charge on any atom is 0.264 e. The van der Waals surface area contributed by atoms with Crippen LogP contribution >= 0.6 is 0 Å². The molecule has 0 saturated heterocycles. The maximum atomic E-state index is 14.4. The smallest absolute Gasteiger partial charge is 0.264 e. The van der Waals surface area contributed by atoms with E-state index in [1.165, 1.54) is 4.31 Å². The third-order valence-electron chi connectivity index (χ3n) is 8.72. The Labute approximate surface area is 256 Å². The lowest BCUT2D eigenvalue weighted by Gasteiger charge is -2.51. The van der Waals surface area contributed by atoms with Gasteiger partial charge in [0.15, 0.2) is 6.10 Å². The van der Waals surface area contributed by atoms with Crippen LogP contribution in [0.4, 0.5) is 5.69 Å². The number of fused-ring (bicyclic) bond motifs is 5. The minimum absolute atomic E-state index is 0.139. The molecule has 2 aliphatic rings. The molecule has 8 nitrogen and oxygen atoms in total. The third kappa shape index (κ3) is 4.02.